The van der Waals surface area contributed by atoms with Crippen molar-refractivity contribution in [2.24, 2.45) is 0 Å². The van der Waals surface area contributed by atoms with Gasteiger partial charge in [-0.2, -0.15) is 0 Å². The lowest BCUT2D eigenvalue weighted by molar-refractivity contribution is -0.00211. The van der Waals surface area contributed by atoms with E-state index >= 15 is 0 Å². The molecular weight excluding hydrogens is 297 g/mol. The molecule has 0 aromatic heterocycles. The van der Waals surface area contributed by atoms with Gasteiger partial charge in [0.15, 0.2) is 0 Å². The van der Waals surface area contributed by atoms with Gasteiger partial charge in [0.1, 0.15) is 11.4 Å². The van der Waals surface area contributed by atoms with E-state index in [1.165, 1.54) is 0 Å². The van der Waals surface area contributed by atoms with Crippen LogP contribution in [-0.4, -0.2) is 47.7 Å². The Morgan fingerprint density at radius 3 is 2.67 bits per heavy atom. The van der Waals surface area contributed by atoms with Crippen molar-refractivity contribution in [3.63, 3.8) is 0 Å². The third-order valence-corrected chi connectivity index (χ3v) is 5.37. The zero-order valence-electron chi connectivity index (χ0n) is 12.4. The molecule has 3 N–H and O–H groups in total. The number of hydrogen-bond acceptors (Lipinski definition) is 7. The SMILES string of the molecule is CCOP(=O)(OCC)OC1=CC(CO)N[C@H]2CCC[C@]12O. The zero-order chi connectivity index (χ0) is 15.5. The van der Waals surface area contributed by atoms with Crippen LogP contribution in [0.1, 0.15) is 33.1 Å². The van der Waals surface area contributed by atoms with E-state index in [0.717, 1.165) is 12.8 Å². The third kappa shape index (κ3) is 3.50. The van der Waals surface area contributed by atoms with E-state index in [1.54, 1.807) is 19.9 Å². The normalized spacial score (nSPS) is 32.7. The van der Waals surface area contributed by atoms with Crippen LogP contribution in [0.5, 0.6) is 0 Å². The molecule has 21 heavy (non-hydrogen) atoms. The van der Waals surface area contributed by atoms with Gasteiger partial charge in [-0.1, -0.05) is 0 Å². The molecule has 3 atom stereocenters. The summed E-state index contributed by atoms with van der Waals surface area (Å²) in [5.74, 6) is 0.174. The Labute approximate surface area is 124 Å². The molecule has 2 rings (SSSR count). The summed E-state index contributed by atoms with van der Waals surface area (Å²) in [4.78, 5) is 0. The van der Waals surface area contributed by atoms with Crippen molar-refractivity contribution in [1.82, 2.24) is 5.32 Å². The lowest BCUT2D eigenvalue weighted by Crippen LogP contribution is -2.56. The van der Waals surface area contributed by atoms with E-state index in [1.807, 2.05) is 0 Å². The van der Waals surface area contributed by atoms with Crippen molar-refractivity contribution in [1.29, 1.82) is 0 Å². The quantitative estimate of drug-likeness (QED) is 0.608. The summed E-state index contributed by atoms with van der Waals surface area (Å²) in [7, 11) is -3.75. The van der Waals surface area contributed by atoms with E-state index in [9.17, 15) is 14.8 Å². The van der Waals surface area contributed by atoms with Gasteiger partial charge in [-0.3, -0.25) is 9.05 Å². The fourth-order valence-electron chi connectivity index (χ4n) is 2.88. The largest absolute Gasteiger partial charge is 0.529 e. The van der Waals surface area contributed by atoms with Crippen LogP contribution in [-0.2, 0) is 18.1 Å². The van der Waals surface area contributed by atoms with Crippen molar-refractivity contribution in [2.45, 2.75) is 50.8 Å². The Balaban J connectivity index is 2.25. The van der Waals surface area contributed by atoms with Crippen LogP contribution in [0.15, 0.2) is 11.8 Å². The smallest absolute Gasteiger partial charge is 0.406 e. The second-order valence-electron chi connectivity index (χ2n) is 5.23. The second-order valence-corrected chi connectivity index (χ2v) is 6.82. The molecule has 8 heteroatoms. The highest BCUT2D eigenvalue weighted by Gasteiger charge is 2.51. The monoisotopic (exact) mass is 321 g/mol. The summed E-state index contributed by atoms with van der Waals surface area (Å²) in [5, 5.41) is 23.3. The molecule has 0 aromatic carbocycles. The van der Waals surface area contributed by atoms with Crippen molar-refractivity contribution in [2.75, 3.05) is 19.8 Å². The van der Waals surface area contributed by atoms with Gasteiger partial charge >= 0.3 is 7.82 Å². The first-order valence-electron chi connectivity index (χ1n) is 7.37. The van der Waals surface area contributed by atoms with Crippen LogP contribution in [0.2, 0.25) is 0 Å². The van der Waals surface area contributed by atoms with Gasteiger partial charge < -0.3 is 20.1 Å². The van der Waals surface area contributed by atoms with Gasteiger partial charge in [-0.15, -0.1) is 0 Å². The van der Waals surface area contributed by atoms with E-state index in [-0.39, 0.29) is 37.7 Å². The molecule has 0 saturated heterocycles. The number of rotatable bonds is 7. The Hall–Kier alpha value is -0.430. The summed E-state index contributed by atoms with van der Waals surface area (Å²) in [5.41, 5.74) is -1.23. The number of fused-ring (bicyclic) bond motifs is 1. The van der Waals surface area contributed by atoms with Crippen molar-refractivity contribution in [3.05, 3.63) is 11.8 Å². The standard InChI is InChI=1S/C13H24NO6P/c1-3-18-21(17,19-4-2)20-12-8-10(9-15)14-11-6-5-7-13(11,12)16/h8,10-11,14-16H,3-7,9H2,1-2H3/t10?,11-,13+/m0/s1. The van der Waals surface area contributed by atoms with Crippen molar-refractivity contribution in [3.8, 4) is 0 Å². The molecule has 1 heterocycles. The molecule has 0 radical (unpaired) electrons. The predicted octanol–water partition coefficient (Wildman–Crippen LogP) is 1.32. The Morgan fingerprint density at radius 1 is 1.43 bits per heavy atom. The molecule has 1 saturated carbocycles. The molecule has 0 aromatic rings. The number of aliphatic hydroxyl groups excluding tert-OH is 1. The molecule has 0 amide bonds. The van der Waals surface area contributed by atoms with Gasteiger partial charge in [-0.25, -0.2) is 4.57 Å². The van der Waals surface area contributed by atoms with Gasteiger partial charge in [0, 0.05) is 6.04 Å². The molecule has 7 nitrogen and oxygen atoms in total. The van der Waals surface area contributed by atoms with Crippen LogP contribution in [0.4, 0.5) is 0 Å². The van der Waals surface area contributed by atoms with E-state index in [4.69, 9.17) is 13.6 Å². The highest BCUT2D eigenvalue weighted by molar-refractivity contribution is 7.48. The van der Waals surface area contributed by atoms with Crippen molar-refractivity contribution < 1.29 is 28.3 Å². The molecule has 122 valence electrons. The number of hydrogen-bond donors (Lipinski definition) is 3. The maximum absolute atomic E-state index is 12.5. The summed E-state index contributed by atoms with van der Waals surface area (Å²) < 4.78 is 28.2. The van der Waals surface area contributed by atoms with Gasteiger partial charge in [0.2, 0.25) is 0 Å². The van der Waals surface area contributed by atoms with Gasteiger partial charge in [0.25, 0.3) is 0 Å². The third-order valence-electron chi connectivity index (χ3n) is 3.80. The summed E-state index contributed by atoms with van der Waals surface area (Å²) in [6, 6.07) is -0.577. The topological polar surface area (TPSA) is 97.3 Å². The van der Waals surface area contributed by atoms with Crippen LogP contribution < -0.4 is 5.32 Å². The Bertz CT molecular complexity index is 432. The van der Waals surface area contributed by atoms with Gasteiger partial charge in [0.05, 0.1) is 25.9 Å². The molecule has 2 aliphatic rings. The molecule has 1 aliphatic heterocycles. The fourth-order valence-corrected chi connectivity index (χ4v) is 4.15. The Kier molecular flexibility index (Phi) is 5.46. The molecule has 1 fully saturated rings. The van der Waals surface area contributed by atoms with Crippen LogP contribution in [0.3, 0.4) is 0 Å². The molecule has 0 bridgehead atoms. The lowest BCUT2D eigenvalue weighted by atomic mass is 9.90. The summed E-state index contributed by atoms with van der Waals surface area (Å²) >= 11 is 0. The van der Waals surface area contributed by atoms with Crippen LogP contribution in [0.25, 0.3) is 0 Å². The van der Waals surface area contributed by atoms with Gasteiger partial charge in [-0.05, 0) is 39.2 Å². The van der Waals surface area contributed by atoms with E-state index in [2.05, 4.69) is 5.32 Å². The second kappa shape index (κ2) is 6.77. The minimum atomic E-state index is -3.75. The number of phosphoric ester groups is 1. The predicted molar refractivity (Wildman–Crippen MR) is 76.6 cm³/mol. The molecule has 0 spiro atoms. The maximum atomic E-state index is 12.5. The van der Waals surface area contributed by atoms with Crippen molar-refractivity contribution >= 4 is 7.82 Å². The summed E-state index contributed by atoms with van der Waals surface area (Å²) in [6.45, 7) is 3.60. The molecular formula is C13H24NO6P. The Morgan fingerprint density at radius 2 is 2.10 bits per heavy atom. The van der Waals surface area contributed by atoms with Crippen LogP contribution in [0, 0.1) is 0 Å². The minimum Gasteiger partial charge on any atom is -0.406 e. The minimum absolute atomic E-state index is 0.132. The molecule has 1 aliphatic carbocycles. The first-order chi connectivity index (χ1) is 9.97. The lowest BCUT2D eigenvalue weighted by Gasteiger charge is -2.39. The average molecular weight is 321 g/mol. The van der Waals surface area contributed by atoms with Crippen LogP contribution >= 0.6 is 7.82 Å². The van der Waals surface area contributed by atoms with E-state index in [0.29, 0.717) is 6.42 Å². The summed E-state index contributed by atoms with van der Waals surface area (Å²) in [6.07, 6.45) is 3.65. The number of aliphatic hydroxyl groups is 2. The number of phosphoric acid groups is 1. The first kappa shape index (κ1) is 16.9. The highest BCUT2D eigenvalue weighted by atomic mass is 31.2. The van der Waals surface area contributed by atoms with E-state index < -0.39 is 13.4 Å². The molecule has 1 unspecified atom stereocenters. The highest BCUT2D eigenvalue weighted by Crippen LogP contribution is 2.54. The first-order valence-corrected chi connectivity index (χ1v) is 8.83. The maximum Gasteiger partial charge on any atom is 0.529 e. The zero-order valence-corrected chi connectivity index (χ0v) is 13.3. The fraction of sp³-hybridized carbons (Fsp3) is 0.846. The average Bonchev–Trinajstić information content (AvgIpc) is 2.81. The number of nitrogens with one attached hydrogen (secondary N) is 1.